The van der Waals surface area contributed by atoms with Crippen molar-refractivity contribution in [3.05, 3.63) is 95.1 Å². The third kappa shape index (κ3) is 5.14. The van der Waals surface area contributed by atoms with Gasteiger partial charge in [0.2, 0.25) is 5.91 Å². The molecule has 0 saturated carbocycles. The Labute approximate surface area is 200 Å². The highest BCUT2D eigenvalue weighted by Crippen LogP contribution is 2.42. The van der Waals surface area contributed by atoms with E-state index in [-0.39, 0.29) is 22.6 Å². The number of anilines is 2. The van der Waals surface area contributed by atoms with Crippen LogP contribution < -0.4 is 10.2 Å². The maximum Gasteiger partial charge on any atom is 0.255 e. The van der Waals surface area contributed by atoms with Gasteiger partial charge in [-0.1, -0.05) is 64.1 Å². The summed E-state index contributed by atoms with van der Waals surface area (Å²) >= 11 is 1.63. The van der Waals surface area contributed by atoms with Crippen molar-refractivity contribution in [1.29, 1.82) is 0 Å². The van der Waals surface area contributed by atoms with E-state index in [4.69, 9.17) is 0 Å². The lowest BCUT2D eigenvalue weighted by molar-refractivity contribution is -0.115. The Morgan fingerprint density at radius 1 is 0.970 bits per heavy atom. The van der Waals surface area contributed by atoms with Crippen molar-refractivity contribution in [1.82, 2.24) is 0 Å². The van der Waals surface area contributed by atoms with Gasteiger partial charge in [0, 0.05) is 16.9 Å². The lowest BCUT2D eigenvalue weighted by Crippen LogP contribution is -2.27. The minimum absolute atomic E-state index is 0.0520. The summed E-state index contributed by atoms with van der Waals surface area (Å²) in [6.45, 7) is 8.58. The fourth-order valence-electron chi connectivity index (χ4n) is 3.90. The number of rotatable bonds is 5. The minimum Gasteiger partial charge on any atom is -0.322 e. The predicted molar refractivity (Wildman–Crippen MR) is 138 cm³/mol. The molecule has 0 bridgehead atoms. The zero-order chi connectivity index (χ0) is 23.6. The van der Waals surface area contributed by atoms with Crippen LogP contribution in [0.2, 0.25) is 0 Å². The monoisotopic (exact) mass is 458 g/mol. The van der Waals surface area contributed by atoms with Crippen LogP contribution in [0, 0.1) is 0 Å². The number of amides is 2. The Bertz CT molecular complexity index is 1130. The summed E-state index contributed by atoms with van der Waals surface area (Å²) in [6.07, 6.45) is 0.973. The number of carbonyl (C=O) groups excluding carboxylic acids is 2. The quantitative estimate of drug-likeness (QED) is 0.470. The SMILES string of the molecule is CCc1ccc(N2C(=O)CS[C@@H]2c2ccc(NC(=O)c3ccc(C(C)(C)C)cc3)cc2)cc1. The number of thioether (sulfide) groups is 1. The molecule has 4 nitrogen and oxygen atoms in total. The second kappa shape index (κ2) is 9.44. The van der Waals surface area contributed by atoms with Crippen molar-refractivity contribution in [3.63, 3.8) is 0 Å². The summed E-state index contributed by atoms with van der Waals surface area (Å²) < 4.78 is 0. The van der Waals surface area contributed by atoms with Crippen LogP contribution in [-0.4, -0.2) is 17.6 Å². The first-order chi connectivity index (χ1) is 15.8. The molecule has 1 aliphatic rings. The molecule has 33 heavy (non-hydrogen) atoms. The molecule has 0 spiro atoms. The van der Waals surface area contributed by atoms with E-state index in [9.17, 15) is 9.59 Å². The lowest BCUT2D eigenvalue weighted by Gasteiger charge is -2.24. The molecular formula is C28H30N2O2S. The molecule has 1 heterocycles. The normalized spacial score (nSPS) is 16.2. The molecule has 0 aromatic heterocycles. The van der Waals surface area contributed by atoms with Gasteiger partial charge in [0.15, 0.2) is 0 Å². The van der Waals surface area contributed by atoms with Crippen LogP contribution in [0.15, 0.2) is 72.8 Å². The second-order valence-electron chi connectivity index (χ2n) is 9.35. The number of aryl methyl sites for hydroxylation is 1. The van der Waals surface area contributed by atoms with Gasteiger partial charge in [-0.15, -0.1) is 11.8 Å². The zero-order valence-corrected chi connectivity index (χ0v) is 20.4. The summed E-state index contributed by atoms with van der Waals surface area (Å²) in [4.78, 5) is 27.2. The van der Waals surface area contributed by atoms with Crippen LogP contribution in [0.4, 0.5) is 11.4 Å². The average molecular weight is 459 g/mol. The molecule has 0 radical (unpaired) electrons. The smallest absolute Gasteiger partial charge is 0.255 e. The van der Waals surface area contributed by atoms with E-state index in [2.05, 4.69) is 45.1 Å². The van der Waals surface area contributed by atoms with E-state index >= 15 is 0 Å². The molecule has 0 aliphatic carbocycles. The Balaban J connectivity index is 1.47. The summed E-state index contributed by atoms with van der Waals surface area (Å²) in [5.74, 6) is 0.445. The van der Waals surface area contributed by atoms with Crippen LogP contribution in [-0.2, 0) is 16.6 Å². The first-order valence-corrected chi connectivity index (χ1v) is 12.4. The lowest BCUT2D eigenvalue weighted by atomic mass is 9.87. The van der Waals surface area contributed by atoms with Crippen molar-refractivity contribution in [2.75, 3.05) is 16.0 Å². The molecule has 1 N–H and O–H groups in total. The van der Waals surface area contributed by atoms with Crippen molar-refractivity contribution >= 4 is 35.0 Å². The molecule has 4 rings (SSSR count). The topological polar surface area (TPSA) is 49.4 Å². The van der Waals surface area contributed by atoms with Gasteiger partial charge in [-0.05, 0) is 64.9 Å². The van der Waals surface area contributed by atoms with Crippen LogP contribution in [0.5, 0.6) is 0 Å². The second-order valence-corrected chi connectivity index (χ2v) is 10.4. The fourth-order valence-corrected chi connectivity index (χ4v) is 5.08. The highest BCUT2D eigenvalue weighted by molar-refractivity contribution is 8.00. The van der Waals surface area contributed by atoms with E-state index in [1.165, 1.54) is 11.1 Å². The van der Waals surface area contributed by atoms with Gasteiger partial charge in [-0.3, -0.25) is 14.5 Å². The number of nitrogens with zero attached hydrogens (tertiary/aromatic N) is 1. The number of hydrogen-bond acceptors (Lipinski definition) is 3. The maximum absolute atomic E-state index is 12.7. The Morgan fingerprint density at radius 3 is 2.18 bits per heavy atom. The van der Waals surface area contributed by atoms with Gasteiger partial charge in [-0.2, -0.15) is 0 Å². The van der Waals surface area contributed by atoms with Crippen molar-refractivity contribution in [3.8, 4) is 0 Å². The molecule has 2 amide bonds. The van der Waals surface area contributed by atoms with Crippen LogP contribution in [0.25, 0.3) is 0 Å². The Kier molecular flexibility index (Phi) is 6.61. The zero-order valence-electron chi connectivity index (χ0n) is 19.6. The Hall–Kier alpha value is -3.05. The number of hydrogen-bond donors (Lipinski definition) is 1. The van der Waals surface area contributed by atoms with Gasteiger partial charge in [0.1, 0.15) is 5.37 Å². The van der Waals surface area contributed by atoms with Crippen molar-refractivity contribution < 1.29 is 9.59 Å². The maximum atomic E-state index is 12.7. The molecule has 3 aromatic carbocycles. The van der Waals surface area contributed by atoms with E-state index in [1.54, 1.807) is 11.8 Å². The molecule has 1 aliphatic heterocycles. The summed E-state index contributed by atoms with van der Waals surface area (Å²) in [5, 5.41) is 2.90. The molecule has 0 unspecified atom stereocenters. The summed E-state index contributed by atoms with van der Waals surface area (Å²) in [5.41, 5.74) is 5.82. The van der Waals surface area contributed by atoms with Gasteiger partial charge in [0.25, 0.3) is 5.91 Å². The van der Waals surface area contributed by atoms with Gasteiger partial charge in [-0.25, -0.2) is 0 Å². The summed E-state index contributed by atoms with van der Waals surface area (Å²) in [6, 6.07) is 23.7. The minimum atomic E-state index is -0.133. The molecular weight excluding hydrogens is 428 g/mol. The molecule has 1 atom stereocenters. The van der Waals surface area contributed by atoms with Crippen molar-refractivity contribution in [2.24, 2.45) is 0 Å². The molecule has 1 fully saturated rings. The first kappa shape index (κ1) is 23.1. The number of benzene rings is 3. The number of nitrogens with one attached hydrogen (secondary N) is 1. The van der Waals surface area contributed by atoms with E-state index < -0.39 is 0 Å². The van der Waals surface area contributed by atoms with Crippen molar-refractivity contribution in [2.45, 2.75) is 44.9 Å². The molecule has 1 saturated heterocycles. The summed E-state index contributed by atoms with van der Waals surface area (Å²) in [7, 11) is 0. The highest BCUT2D eigenvalue weighted by atomic mass is 32.2. The van der Waals surface area contributed by atoms with E-state index in [0.29, 0.717) is 11.3 Å². The third-order valence-electron chi connectivity index (χ3n) is 5.96. The first-order valence-electron chi connectivity index (χ1n) is 11.3. The third-order valence-corrected chi connectivity index (χ3v) is 7.17. The Morgan fingerprint density at radius 2 is 1.61 bits per heavy atom. The van der Waals surface area contributed by atoms with Crippen LogP contribution in [0.3, 0.4) is 0 Å². The molecule has 170 valence electrons. The standard InChI is InChI=1S/C28H30N2O2S/c1-5-19-6-16-24(17-7-19)30-25(31)18-33-27(30)21-10-14-23(15-11-21)29-26(32)20-8-12-22(13-9-20)28(2,3)4/h6-17,27H,5,18H2,1-4H3,(H,29,32)/t27-/m1/s1. The predicted octanol–water partition coefficient (Wildman–Crippen LogP) is 6.58. The largest absolute Gasteiger partial charge is 0.322 e. The molecule has 5 heteroatoms. The van der Waals surface area contributed by atoms with Crippen LogP contribution in [0.1, 0.15) is 60.1 Å². The van der Waals surface area contributed by atoms with Gasteiger partial charge < -0.3 is 5.32 Å². The van der Waals surface area contributed by atoms with E-state index in [0.717, 1.165) is 23.4 Å². The van der Waals surface area contributed by atoms with Gasteiger partial charge >= 0.3 is 0 Å². The van der Waals surface area contributed by atoms with Crippen LogP contribution >= 0.6 is 11.8 Å². The average Bonchev–Trinajstić information content (AvgIpc) is 3.20. The number of carbonyl (C=O) groups is 2. The fraction of sp³-hybridized carbons (Fsp3) is 0.286. The highest BCUT2D eigenvalue weighted by Gasteiger charge is 2.34. The van der Waals surface area contributed by atoms with E-state index in [1.807, 2.05) is 65.6 Å². The van der Waals surface area contributed by atoms with Gasteiger partial charge in [0.05, 0.1) is 5.75 Å². The molecule has 3 aromatic rings.